The van der Waals surface area contributed by atoms with E-state index >= 15 is 0 Å². The van der Waals surface area contributed by atoms with Crippen molar-refractivity contribution in [2.24, 2.45) is 0 Å². The highest BCUT2D eigenvalue weighted by Gasteiger charge is 2.17. The molecule has 0 aliphatic rings. The second-order valence-corrected chi connectivity index (χ2v) is 7.34. The summed E-state index contributed by atoms with van der Waals surface area (Å²) in [5.74, 6) is -0.568. The van der Waals surface area contributed by atoms with Gasteiger partial charge >= 0.3 is 16.1 Å². The molecule has 1 heterocycles. The van der Waals surface area contributed by atoms with Crippen molar-refractivity contribution in [3.63, 3.8) is 0 Å². The highest BCUT2D eigenvalue weighted by atomic mass is 32.2. The number of esters is 1. The average Bonchev–Trinajstić information content (AvgIpc) is 2.63. The molecule has 8 heteroatoms. The first kappa shape index (κ1) is 18.7. The Kier molecular flexibility index (Phi) is 5.00. The van der Waals surface area contributed by atoms with Crippen LogP contribution in [-0.4, -0.2) is 32.0 Å². The standard InChI is InChI=1S/C19H17NO6S/c1-3-25-19(22)14-9-10-16-15(11-14)18(21)12-17(13-7-5-4-6-8-13)20(16)26-27(2,23)24/h4-12H,3H2,1-2H3. The lowest BCUT2D eigenvalue weighted by atomic mass is 10.1. The topological polar surface area (TPSA) is 91.7 Å². The van der Waals surface area contributed by atoms with Crippen LogP contribution in [0.5, 0.6) is 0 Å². The molecule has 0 saturated carbocycles. The van der Waals surface area contributed by atoms with Gasteiger partial charge in [0.2, 0.25) is 0 Å². The molecule has 0 aliphatic heterocycles. The minimum absolute atomic E-state index is 0.142. The summed E-state index contributed by atoms with van der Waals surface area (Å²) in [4.78, 5) is 24.6. The first-order chi connectivity index (χ1) is 12.8. The third-order valence-corrected chi connectivity index (χ3v) is 4.18. The number of carbonyl (C=O) groups is 1. The monoisotopic (exact) mass is 387 g/mol. The lowest BCUT2D eigenvalue weighted by Crippen LogP contribution is -2.23. The van der Waals surface area contributed by atoms with Crippen LogP contribution in [0.3, 0.4) is 0 Å². The molecule has 140 valence electrons. The van der Waals surface area contributed by atoms with Crippen LogP contribution < -0.4 is 9.71 Å². The second kappa shape index (κ2) is 7.24. The molecule has 1 aromatic heterocycles. The number of ether oxygens (including phenoxy) is 1. The fraction of sp³-hybridized carbons (Fsp3) is 0.158. The zero-order chi connectivity index (χ0) is 19.6. The van der Waals surface area contributed by atoms with Crippen LogP contribution in [-0.2, 0) is 14.9 Å². The average molecular weight is 387 g/mol. The summed E-state index contributed by atoms with van der Waals surface area (Å²) in [6.07, 6.45) is 0.915. The van der Waals surface area contributed by atoms with E-state index in [-0.39, 0.29) is 34.2 Å². The number of pyridine rings is 1. The van der Waals surface area contributed by atoms with Crippen molar-refractivity contribution in [2.45, 2.75) is 6.92 Å². The van der Waals surface area contributed by atoms with Gasteiger partial charge in [-0.2, -0.15) is 13.1 Å². The summed E-state index contributed by atoms with van der Waals surface area (Å²) in [6.45, 7) is 1.88. The smallest absolute Gasteiger partial charge is 0.338 e. The van der Waals surface area contributed by atoms with Gasteiger partial charge in [-0.05, 0) is 25.1 Å². The van der Waals surface area contributed by atoms with E-state index in [1.165, 1.54) is 24.3 Å². The van der Waals surface area contributed by atoms with Crippen molar-refractivity contribution < 1.29 is 22.2 Å². The van der Waals surface area contributed by atoms with Crippen LogP contribution in [0.1, 0.15) is 17.3 Å². The number of rotatable bonds is 5. The van der Waals surface area contributed by atoms with E-state index in [1.807, 2.05) is 0 Å². The van der Waals surface area contributed by atoms with Crippen LogP contribution in [0.2, 0.25) is 0 Å². The SMILES string of the molecule is CCOC(=O)c1ccc2c(c1)c(=O)cc(-c1ccccc1)n2OS(C)(=O)=O. The molecular formula is C19H17NO6S. The molecule has 0 N–H and O–H groups in total. The molecule has 3 aromatic rings. The van der Waals surface area contributed by atoms with Crippen LogP contribution in [0.4, 0.5) is 0 Å². The van der Waals surface area contributed by atoms with Crippen molar-refractivity contribution >= 4 is 27.0 Å². The van der Waals surface area contributed by atoms with Gasteiger partial charge in [0.15, 0.2) is 5.43 Å². The molecule has 0 aliphatic carbocycles. The summed E-state index contributed by atoms with van der Waals surface area (Å²) in [6, 6.07) is 14.3. The van der Waals surface area contributed by atoms with E-state index in [4.69, 9.17) is 9.02 Å². The van der Waals surface area contributed by atoms with Crippen LogP contribution in [0, 0.1) is 0 Å². The summed E-state index contributed by atoms with van der Waals surface area (Å²) < 4.78 is 34.7. The number of carbonyl (C=O) groups excluding carboxylic acids is 1. The summed E-state index contributed by atoms with van der Waals surface area (Å²) in [5.41, 5.74) is 0.931. The normalized spacial score (nSPS) is 11.3. The van der Waals surface area contributed by atoms with Gasteiger partial charge in [0.1, 0.15) is 0 Å². The first-order valence-corrected chi connectivity index (χ1v) is 9.94. The first-order valence-electron chi connectivity index (χ1n) is 8.12. The molecule has 0 radical (unpaired) electrons. The Hall–Kier alpha value is -3.13. The van der Waals surface area contributed by atoms with E-state index in [9.17, 15) is 18.0 Å². The van der Waals surface area contributed by atoms with Crippen molar-refractivity contribution in [3.05, 3.63) is 70.4 Å². The zero-order valence-electron chi connectivity index (χ0n) is 14.7. The maximum atomic E-state index is 12.7. The molecular weight excluding hydrogens is 370 g/mol. The minimum Gasteiger partial charge on any atom is -0.462 e. The number of benzene rings is 2. The molecule has 0 unspecified atom stereocenters. The van der Waals surface area contributed by atoms with Gasteiger partial charge in [-0.25, -0.2) is 4.79 Å². The van der Waals surface area contributed by atoms with Gasteiger partial charge in [0, 0.05) is 11.6 Å². The molecule has 2 aromatic carbocycles. The summed E-state index contributed by atoms with van der Waals surface area (Å²) in [5, 5.41) is 0.142. The third-order valence-electron chi connectivity index (χ3n) is 3.76. The fourth-order valence-electron chi connectivity index (χ4n) is 2.67. The van der Waals surface area contributed by atoms with E-state index in [0.717, 1.165) is 11.0 Å². The van der Waals surface area contributed by atoms with Gasteiger partial charge in [-0.1, -0.05) is 30.3 Å². The largest absolute Gasteiger partial charge is 0.462 e. The Labute approximate surface area is 155 Å². The van der Waals surface area contributed by atoms with Crippen molar-refractivity contribution in [1.82, 2.24) is 4.73 Å². The molecule has 0 atom stereocenters. The van der Waals surface area contributed by atoms with Gasteiger partial charge in [0.25, 0.3) is 0 Å². The van der Waals surface area contributed by atoms with Crippen molar-refractivity contribution in [2.75, 3.05) is 12.9 Å². The van der Waals surface area contributed by atoms with Gasteiger partial charge < -0.3 is 4.74 Å². The molecule has 0 bridgehead atoms. The van der Waals surface area contributed by atoms with Crippen molar-refractivity contribution in [1.29, 1.82) is 0 Å². The predicted octanol–water partition coefficient (Wildman–Crippen LogP) is 2.23. The minimum atomic E-state index is -3.88. The number of hydrogen-bond acceptors (Lipinski definition) is 6. The van der Waals surface area contributed by atoms with Crippen molar-refractivity contribution in [3.8, 4) is 11.3 Å². The van der Waals surface area contributed by atoms with E-state index in [1.54, 1.807) is 37.3 Å². The fourth-order valence-corrected chi connectivity index (χ4v) is 3.10. The van der Waals surface area contributed by atoms with E-state index in [0.29, 0.717) is 5.56 Å². The molecule has 0 amide bonds. The Morgan fingerprint density at radius 1 is 1.07 bits per heavy atom. The Balaban J connectivity index is 2.31. The predicted molar refractivity (Wildman–Crippen MR) is 101 cm³/mol. The number of hydrogen-bond donors (Lipinski definition) is 0. The highest BCUT2D eigenvalue weighted by molar-refractivity contribution is 7.86. The van der Waals surface area contributed by atoms with Crippen LogP contribution in [0.25, 0.3) is 22.2 Å². The molecule has 7 nitrogen and oxygen atoms in total. The summed E-state index contributed by atoms with van der Waals surface area (Å²) in [7, 11) is -3.88. The molecule has 0 fully saturated rings. The lowest BCUT2D eigenvalue weighted by Gasteiger charge is -2.16. The molecule has 0 saturated heterocycles. The highest BCUT2D eigenvalue weighted by Crippen LogP contribution is 2.23. The maximum absolute atomic E-state index is 12.7. The van der Waals surface area contributed by atoms with Gasteiger partial charge in [-0.3, -0.25) is 9.08 Å². The van der Waals surface area contributed by atoms with Gasteiger partial charge in [-0.15, -0.1) is 0 Å². The van der Waals surface area contributed by atoms with E-state index < -0.39 is 16.1 Å². The van der Waals surface area contributed by atoms with Crippen LogP contribution in [0.15, 0.2) is 59.4 Å². The zero-order valence-corrected chi connectivity index (χ0v) is 15.5. The second-order valence-electron chi connectivity index (χ2n) is 5.79. The molecule has 27 heavy (non-hydrogen) atoms. The lowest BCUT2D eigenvalue weighted by molar-refractivity contribution is 0.0526. The maximum Gasteiger partial charge on any atom is 0.338 e. The number of nitrogens with zero attached hydrogens (tertiary/aromatic N) is 1. The quantitative estimate of drug-likeness (QED) is 0.624. The summed E-state index contributed by atoms with van der Waals surface area (Å²) >= 11 is 0. The molecule has 0 spiro atoms. The van der Waals surface area contributed by atoms with Crippen LogP contribution >= 0.6 is 0 Å². The molecule has 3 rings (SSSR count). The number of aromatic nitrogens is 1. The Morgan fingerprint density at radius 3 is 2.41 bits per heavy atom. The van der Waals surface area contributed by atoms with E-state index in [2.05, 4.69) is 0 Å². The Morgan fingerprint density at radius 2 is 1.78 bits per heavy atom. The van der Waals surface area contributed by atoms with Gasteiger partial charge in [0.05, 0.1) is 35.0 Å². The Bertz CT molecular complexity index is 1170. The third kappa shape index (κ3) is 4.01. The number of fused-ring (bicyclic) bond motifs is 1.